The molecule has 3 aromatic rings. The van der Waals surface area contributed by atoms with E-state index < -0.39 is 12.5 Å². The molecule has 0 aliphatic carbocycles. The van der Waals surface area contributed by atoms with E-state index in [-0.39, 0.29) is 5.75 Å². The SMILES string of the molecule is Cc1noc(-c2cccc(OC3=C[C@H](c4ccc(OC(F)(F)F)cc4)ON3)c2)n1. The van der Waals surface area contributed by atoms with Crippen LogP contribution in [0.1, 0.15) is 17.5 Å². The molecule has 29 heavy (non-hydrogen) atoms. The van der Waals surface area contributed by atoms with Gasteiger partial charge in [0.1, 0.15) is 17.6 Å². The van der Waals surface area contributed by atoms with Crippen LogP contribution in [-0.4, -0.2) is 16.5 Å². The molecule has 0 unspecified atom stereocenters. The monoisotopic (exact) mass is 405 g/mol. The maximum absolute atomic E-state index is 12.2. The molecule has 1 aromatic heterocycles. The van der Waals surface area contributed by atoms with Crippen molar-refractivity contribution in [2.24, 2.45) is 0 Å². The van der Waals surface area contributed by atoms with Crippen LogP contribution in [0.2, 0.25) is 0 Å². The van der Waals surface area contributed by atoms with Crippen molar-refractivity contribution < 1.29 is 32.0 Å². The number of hydroxylamine groups is 1. The van der Waals surface area contributed by atoms with Gasteiger partial charge in [-0.2, -0.15) is 4.98 Å². The van der Waals surface area contributed by atoms with Gasteiger partial charge in [0.15, 0.2) is 5.82 Å². The number of aromatic nitrogens is 2. The van der Waals surface area contributed by atoms with Crippen LogP contribution in [0, 0.1) is 6.92 Å². The van der Waals surface area contributed by atoms with Gasteiger partial charge in [-0.15, -0.1) is 13.2 Å². The number of hydrogen-bond donors (Lipinski definition) is 1. The number of halogens is 3. The second kappa shape index (κ2) is 7.47. The van der Waals surface area contributed by atoms with Crippen molar-refractivity contribution in [1.29, 1.82) is 0 Å². The van der Waals surface area contributed by atoms with E-state index in [1.165, 1.54) is 24.3 Å². The minimum atomic E-state index is -4.73. The summed E-state index contributed by atoms with van der Waals surface area (Å²) in [6.07, 6.45) is -3.61. The average molecular weight is 405 g/mol. The zero-order chi connectivity index (χ0) is 20.4. The van der Waals surface area contributed by atoms with Crippen molar-refractivity contribution in [3.05, 3.63) is 71.9 Å². The van der Waals surface area contributed by atoms with Crippen molar-refractivity contribution in [3.63, 3.8) is 0 Å². The summed E-state index contributed by atoms with van der Waals surface area (Å²) in [6.45, 7) is 1.72. The quantitative estimate of drug-likeness (QED) is 0.672. The minimum Gasteiger partial charge on any atom is -0.439 e. The van der Waals surface area contributed by atoms with Crippen molar-refractivity contribution in [1.82, 2.24) is 15.6 Å². The third kappa shape index (κ3) is 4.66. The number of nitrogens with one attached hydrogen (secondary N) is 1. The Kier molecular flexibility index (Phi) is 4.85. The first-order chi connectivity index (χ1) is 13.9. The molecule has 0 radical (unpaired) electrons. The number of aryl methyl sites for hydroxylation is 1. The summed E-state index contributed by atoms with van der Waals surface area (Å²) in [5.41, 5.74) is 3.97. The topological polar surface area (TPSA) is 78.6 Å². The van der Waals surface area contributed by atoms with E-state index in [0.29, 0.717) is 34.5 Å². The lowest BCUT2D eigenvalue weighted by molar-refractivity contribution is -0.274. The number of rotatable bonds is 5. The number of nitrogens with zero attached hydrogens (tertiary/aromatic N) is 2. The van der Waals surface area contributed by atoms with E-state index in [9.17, 15) is 13.2 Å². The molecule has 4 rings (SSSR count). The smallest absolute Gasteiger partial charge is 0.439 e. The van der Waals surface area contributed by atoms with Gasteiger partial charge >= 0.3 is 6.36 Å². The van der Waals surface area contributed by atoms with E-state index in [1.54, 1.807) is 37.3 Å². The Morgan fingerprint density at radius 3 is 2.55 bits per heavy atom. The molecule has 0 fully saturated rings. The molecule has 7 nitrogen and oxygen atoms in total. The third-order valence-corrected chi connectivity index (χ3v) is 3.87. The predicted molar refractivity (Wildman–Crippen MR) is 93.3 cm³/mol. The van der Waals surface area contributed by atoms with Crippen LogP contribution in [0.25, 0.3) is 11.5 Å². The highest BCUT2D eigenvalue weighted by Crippen LogP contribution is 2.30. The van der Waals surface area contributed by atoms with Gasteiger partial charge in [0.05, 0.1) is 0 Å². The fourth-order valence-corrected chi connectivity index (χ4v) is 2.64. The molecule has 2 heterocycles. The molecule has 1 atom stereocenters. The summed E-state index contributed by atoms with van der Waals surface area (Å²) in [5, 5.41) is 3.75. The van der Waals surface area contributed by atoms with Gasteiger partial charge in [-0.05, 0) is 42.8 Å². The predicted octanol–water partition coefficient (Wildman–Crippen LogP) is 4.44. The van der Waals surface area contributed by atoms with Gasteiger partial charge in [-0.1, -0.05) is 23.4 Å². The molecule has 0 saturated carbocycles. The van der Waals surface area contributed by atoms with E-state index >= 15 is 0 Å². The fraction of sp³-hybridized carbons (Fsp3) is 0.158. The Morgan fingerprint density at radius 2 is 1.86 bits per heavy atom. The molecule has 2 aromatic carbocycles. The van der Waals surface area contributed by atoms with Gasteiger partial charge in [-0.3, -0.25) is 4.84 Å². The average Bonchev–Trinajstić information content (AvgIpc) is 3.31. The minimum absolute atomic E-state index is 0.305. The molecule has 150 valence electrons. The third-order valence-electron chi connectivity index (χ3n) is 3.87. The van der Waals surface area contributed by atoms with Crippen LogP contribution in [0.5, 0.6) is 11.5 Å². The Bertz CT molecular complexity index is 1030. The highest BCUT2D eigenvalue weighted by Gasteiger charge is 2.31. The number of alkyl halides is 3. The summed E-state index contributed by atoms with van der Waals surface area (Å²) in [5.74, 6) is 1.44. The second-order valence-electron chi connectivity index (χ2n) is 6.06. The Labute approximate surface area is 162 Å². The highest BCUT2D eigenvalue weighted by molar-refractivity contribution is 5.55. The van der Waals surface area contributed by atoms with Gasteiger partial charge < -0.3 is 14.0 Å². The van der Waals surface area contributed by atoms with E-state index in [2.05, 4.69) is 20.4 Å². The van der Waals surface area contributed by atoms with Crippen molar-refractivity contribution in [2.75, 3.05) is 0 Å². The number of ether oxygens (including phenoxy) is 2. The van der Waals surface area contributed by atoms with E-state index in [4.69, 9.17) is 14.1 Å². The Balaban J connectivity index is 1.44. The molecule has 0 bridgehead atoms. The van der Waals surface area contributed by atoms with Crippen LogP contribution < -0.4 is 15.0 Å². The van der Waals surface area contributed by atoms with E-state index in [0.717, 1.165) is 0 Å². The lowest BCUT2D eigenvalue weighted by atomic mass is 10.1. The van der Waals surface area contributed by atoms with Gasteiger partial charge in [0, 0.05) is 11.6 Å². The summed E-state index contributed by atoms with van der Waals surface area (Å²) < 4.78 is 51.5. The molecule has 1 aliphatic rings. The summed E-state index contributed by atoms with van der Waals surface area (Å²) in [4.78, 5) is 9.58. The molecule has 10 heteroatoms. The van der Waals surface area contributed by atoms with Crippen LogP contribution in [0.4, 0.5) is 13.2 Å². The zero-order valence-corrected chi connectivity index (χ0v) is 14.9. The number of hydrogen-bond acceptors (Lipinski definition) is 7. The summed E-state index contributed by atoms with van der Waals surface area (Å²) in [6, 6.07) is 12.4. The van der Waals surface area contributed by atoms with Crippen LogP contribution in [0.3, 0.4) is 0 Å². The molecular formula is C19H14F3N3O4. The van der Waals surface area contributed by atoms with Crippen LogP contribution in [-0.2, 0) is 4.84 Å². The normalized spacial score (nSPS) is 16.3. The standard InChI is InChI=1S/C19H14F3N3O4/c1-11-23-18(29-24-11)13-3-2-4-15(9-13)26-17-10-16(28-25-17)12-5-7-14(8-6-12)27-19(20,21)22/h2-10,16,25H,1H3/t16-/m1/s1. The molecular weight excluding hydrogens is 391 g/mol. The maximum Gasteiger partial charge on any atom is 0.573 e. The molecule has 0 spiro atoms. The molecule has 0 amide bonds. The highest BCUT2D eigenvalue weighted by atomic mass is 19.4. The van der Waals surface area contributed by atoms with Gasteiger partial charge in [-0.25, -0.2) is 5.48 Å². The van der Waals surface area contributed by atoms with Gasteiger partial charge in [0.2, 0.25) is 5.88 Å². The Morgan fingerprint density at radius 1 is 1.07 bits per heavy atom. The van der Waals surface area contributed by atoms with Crippen molar-refractivity contribution >= 4 is 0 Å². The maximum atomic E-state index is 12.2. The number of benzene rings is 2. The van der Waals surface area contributed by atoms with Crippen LogP contribution in [0.15, 0.2) is 65.0 Å². The zero-order valence-electron chi connectivity index (χ0n) is 14.9. The first-order valence-corrected chi connectivity index (χ1v) is 8.43. The first kappa shape index (κ1) is 18.8. The lowest BCUT2D eigenvalue weighted by Gasteiger charge is -2.11. The van der Waals surface area contributed by atoms with Crippen molar-refractivity contribution in [2.45, 2.75) is 19.4 Å². The lowest BCUT2D eigenvalue weighted by Crippen LogP contribution is -2.17. The fourth-order valence-electron chi connectivity index (χ4n) is 2.64. The van der Waals surface area contributed by atoms with Gasteiger partial charge in [0.25, 0.3) is 5.89 Å². The summed E-state index contributed by atoms with van der Waals surface area (Å²) >= 11 is 0. The Hall–Kier alpha value is -3.53. The second-order valence-corrected chi connectivity index (χ2v) is 6.06. The molecule has 1 N–H and O–H groups in total. The first-order valence-electron chi connectivity index (χ1n) is 8.43. The summed E-state index contributed by atoms with van der Waals surface area (Å²) in [7, 11) is 0. The largest absolute Gasteiger partial charge is 0.573 e. The van der Waals surface area contributed by atoms with Crippen LogP contribution >= 0.6 is 0 Å². The molecule has 1 aliphatic heterocycles. The molecule has 0 saturated heterocycles. The van der Waals surface area contributed by atoms with E-state index in [1.807, 2.05) is 0 Å². The van der Waals surface area contributed by atoms with Crippen molar-refractivity contribution in [3.8, 4) is 23.0 Å².